The molecule has 2 atom stereocenters. The fourth-order valence-corrected chi connectivity index (χ4v) is 6.48. The van der Waals surface area contributed by atoms with Crippen LogP contribution in [0.15, 0.2) is 30.3 Å². The first-order chi connectivity index (χ1) is 7.43. The summed E-state index contributed by atoms with van der Waals surface area (Å²) in [6, 6.07) is 11.0. The minimum absolute atomic E-state index is 0.708. The van der Waals surface area contributed by atoms with Gasteiger partial charge in [-0.3, -0.25) is 0 Å². The first-order valence-corrected chi connectivity index (χ1v) is 7.68. The molecule has 0 radical (unpaired) electrons. The van der Waals surface area contributed by atoms with Gasteiger partial charge in [0.15, 0.2) is 0 Å². The van der Waals surface area contributed by atoms with Crippen LogP contribution >= 0.6 is 23.5 Å². The Morgan fingerprint density at radius 3 is 2.07 bits per heavy atom. The number of fused-ring (bicyclic) bond motifs is 1. The number of rotatable bonds is 1. The number of hydrogen-bond donors (Lipinski definition) is 0. The molecule has 0 spiro atoms. The van der Waals surface area contributed by atoms with Crippen molar-refractivity contribution in [2.24, 2.45) is 0 Å². The Hall–Kier alpha value is -0.0800. The molecule has 1 aromatic carbocycles. The molecule has 0 unspecified atom stereocenters. The number of thioether (sulfide) groups is 2. The van der Waals surface area contributed by atoms with Crippen LogP contribution in [0.1, 0.15) is 35.8 Å². The fraction of sp³-hybridized carbons (Fsp3) is 0.538. The van der Waals surface area contributed by atoms with Gasteiger partial charge in [-0.2, -0.15) is 0 Å². The third kappa shape index (κ3) is 2.07. The molecule has 15 heavy (non-hydrogen) atoms. The number of hydrogen-bond acceptors (Lipinski definition) is 2. The van der Waals surface area contributed by atoms with Crippen LogP contribution in [0, 0.1) is 0 Å². The van der Waals surface area contributed by atoms with Crippen LogP contribution in [0.25, 0.3) is 0 Å². The van der Waals surface area contributed by atoms with Gasteiger partial charge in [-0.25, -0.2) is 0 Å². The highest BCUT2D eigenvalue weighted by Gasteiger charge is 2.37. The smallest absolute Gasteiger partial charge is 0.0757 e. The Morgan fingerprint density at radius 2 is 1.47 bits per heavy atom. The Morgan fingerprint density at radius 1 is 0.867 bits per heavy atom. The second-order valence-electron chi connectivity index (χ2n) is 4.38. The van der Waals surface area contributed by atoms with Gasteiger partial charge in [0.2, 0.25) is 0 Å². The zero-order chi connectivity index (χ0) is 10.1. The van der Waals surface area contributed by atoms with Gasteiger partial charge >= 0.3 is 0 Å². The SMILES string of the molecule is c1ccc(C2S[C@H]3CCCC[C@@H]3S2)cc1. The van der Waals surface area contributed by atoms with E-state index >= 15 is 0 Å². The van der Waals surface area contributed by atoms with Gasteiger partial charge in [-0.15, -0.1) is 23.5 Å². The maximum Gasteiger partial charge on any atom is 0.0757 e. The zero-order valence-electron chi connectivity index (χ0n) is 8.76. The van der Waals surface area contributed by atoms with E-state index in [9.17, 15) is 0 Å². The third-order valence-electron chi connectivity index (χ3n) is 3.31. The Kier molecular flexibility index (Phi) is 2.98. The van der Waals surface area contributed by atoms with Crippen molar-refractivity contribution in [3.8, 4) is 0 Å². The highest BCUT2D eigenvalue weighted by molar-refractivity contribution is 8.20. The summed E-state index contributed by atoms with van der Waals surface area (Å²) in [6.07, 6.45) is 5.81. The first kappa shape index (κ1) is 10.1. The fourth-order valence-electron chi connectivity index (χ4n) is 2.49. The minimum atomic E-state index is 0.708. The molecular formula is C13H16S2. The standard InChI is InChI=1S/C13H16S2/c1-2-6-10(7-3-1)13-14-11-8-4-5-9-12(11)15-13/h1-3,6-7,11-13H,4-5,8-9H2/t11-,12-/m0/s1. The van der Waals surface area contributed by atoms with Crippen molar-refractivity contribution in [1.82, 2.24) is 0 Å². The molecule has 2 aliphatic rings. The minimum Gasteiger partial charge on any atom is -0.138 e. The van der Waals surface area contributed by atoms with Crippen LogP contribution in [0.4, 0.5) is 0 Å². The van der Waals surface area contributed by atoms with Gasteiger partial charge in [0.1, 0.15) is 0 Å². The van der Waals surface area contributed by atoms with Gasteiger partial charge in [0, 0.05) is 10.5 Å². The molecule has 2 heteroatoms. The van der Waals surface area contributed by atoms with E-state index in [-0.39, 0.29) is 0 Å². The predicted molar refractivity (Wildman–Crippen MR) is 70.4 cm³/mol. The molecule has 80 valence electrons. The highest BCUT2D eigenvalue weighted by atomic mass is 32.2. The molecule has 0 amide bonds. The average molecular weight is 236 g/mol. The van der Waals surface area contributed by atoms with Crippen molar-refractivity contribution < 1.29 is 0 Å². The quantitative estimate of drug-likeness (QED) is 0.705. The molecule has 3 rings (SSSR count). The number of benzene rings is 1. The Labute approximate surface area is 100 Å². The van der Waals surface area contributed by atoms with Gasteiger partial charge in [-0.05, 0) is 18.4 Å². The summed E-state index contributed by atoms with van der Waals surface area (Å²) < 4.78 is 0.708. The van der Waals surface area contributed by atoms with E-state index in [0.29, 0.717) is 4.58 Å². The van der Waals surface area contributed by atoms with Crippen molar-refractivity contribution in [1.29, 1.82) is 0 Å². The molecule has 0 N–H and O–H groups in total. The summed E-state index contributed by atoms with van der Waals surface area (Å²) in [5, 5.41) is 1.88. The van der Waals surface area contributed by atoms with Crippen molar-refractivity contribution >= 4 is 23.5 Å². The molecule has 1 saturated carbocycles. The lowest BCUT2D eigenvalue weighted by atomic mass is 10.00. The van der Waals surface area contributed by atoms with Gasteiger partial charge in [0.25, 0.3) is 0 Å². The topological polar surface area (TPSA) is 0 Å². The highest BCUT2D eigenvalue weighted by Crippen LogP contribution is 2.57. The molecule has 1 aromatic rings. The van der Waals surface area contributed by atoms with Crippen LogP contribution in [0.2, 0.25) is 0 Å². The van der Waals surface area contributed by atoms with Crippen LogP contribution < -0.4 is 0 Å². The summed E-state index contributed by atoms with van der Waals surface area (Å²) in [5.41, 5.74) is 1.52. The van der Waals surface area contributed by atoms with Crippen molar-refractivity contribution in [3.05, 3.63) is 35.9 Å². The summed E-state index contributed by atoms with van der Waals surface area (Å²) in [6.45, 7) is 0. The van der Waals surface area contributed by atoms with E-state index in [1.165, 1.54) is 31.2 Å². The molecule has 0 bridgehead atoms. The summed E-state index contributed by atoms with van der Waals surface area (Å²) in [5.74, 6) is 0. The van der Waals surface area contributed by atoms with Gasteiger partial charge in [0.05, 0.1) is 4.58 Å². The maximum atomic E-state index is 2.28. The molecule has 0 aromatic heterocycles. The van der Waals surface area contributed by atoms with Crippen molar-refractivity contribution in [2.75, 3.05) is 0 Å². The van der Waals surface area contributed by atoms with E-state index < -0.39 is 0 Å². The van der Waals surface area contributed by atoms with Crippen LogP contribution in [0.5, 0.6) is 0 Å². The lowest BCUT2D eigenvalue weighted by molar-refractivity contribution is 0.532. The maximum absolute atomic E-state index is 2.28. The third-order valence-corrected chi connectivity index (χ3v) is 7.02. The molecule has 1 heterocycles. The Bertz CT molecular complexity index is 309. The van der Waals surface area contributed by atoms with E-state index in [0.717, 1.165) is 10.5 Å². The average Bonchev–Trinajstić information content (AvgIpc) is 2.74. The molecule has 2 fully saturated rings. The molecule has 1 aliphatic heterocycles. The lowest BCUT2D eigenvalue weighted by Gasteiger charge is -2.22. The van der Waals surface area contributed by atoms with Crippen LogP contribution in [-0.2, 0) is 0 Å². The molecular weight excluding hydrogens is 220 g/mol. The summed E-state index contributed by atoms with van der Waals surface area (Å²) >= 11 is 4.42. The largest absolute Gasteiger partial charge is 0.138 e. The monoisotopic (exact) mass is 236 g/mol. The first-order valence-electron chi connectivity index (χ1n) is 5.79. The van der Waals surface area contributed by atoms with Gasteiger partial charge in [-0.1, -0.05) is 43.2 Å². The van der Waals surface area contributed by atoms with Crippen LogP contribution in [0.3, 0.4) is 0 Å². The van der Waals surface area contributed by atoms with Crippen molar-refractivity contribution in [2.45, 2.75) is 40.8 Å². The van der Waals surface area contributed by atoms with Gasteiger partial charge < -0.3 is 0 Å². The van der Waals surface area contributed by atoms with E-state index in [1.54, 1.807) is 0 Å². The molecule has 1 saturated heterocycles. The molecule has 1 aliphatic carbocycles. The van der Waals surface area contributed by atoms with Crippen molar-refractivity contribution in [3.63, 3.8) is 0 Å². The normalized spacial score (nSPS) is 31.5. The predicted octanol–water partition coefficient (Wildman–Crippen LogP) is 4.48. The summed E-state index contributed by atoms with van der Waals surface area (Å²) in [4.78, 5) is 0. The van der Waals surface area contributed by atoms with Crippen LogP contribution in [-0.4, -0.2) is 10.5 Å². The zero-order valence-corrected chi connectivity index (χ0v) is 10.4. The second-order valence-corrected chi connectivity index (χ2v) is 7.37. The van der Waals surface area contributed by atoms with E-state index in [2.05, 4.69) is 53.9 Å². The Balaban J connectivity index is 1.75. The summed E-state index contributed by atoms with van der Waals surface area (Å²) in [7, 11) is 0. The lowest BCUT2D eigenvalue weighted by Crippen LogP contribution is -2.19. The van der Waals surface area contributed by atoms with E-state index in [1.807, 2.05) is 0 Å². The second kappa shape index (κ2) is 4.42. The van der Waals surface area contributed by atoms with E-state index in [4.69, 9.17) is 0 Å². The molecule has 0 nitrogen and oxygen atoms in total.